The Kier molecular flexibility index (Phi) is 6.25. The molecule has 1 aromatic carbocycles. The number of aliphatic hydroxyl groups is 3. The lowest BCUT2D eigenvalue weighted by atomic mass is 10.00. The Bertz CT molecular complexity index is 525. The van der Waals surface area contributed by atoms with Crippen LogP contribution in [0.5, 0.6) is 5.75 Å². The zero-order valence-corrected chi connectivity index (χ0v) is 13.7. The number of rotatable bonds is 4. The van der Waals surface area contributed by atoms with Crippen molar-refractivity contribution in [3.05, 3.63) is 29.8 Å². The van der Waals surface area contributed by atoms with Gasteiger partial charge in [-0.15, -0.1) is 0 Å². The molecule has 1 amide bonds. The van der Waals surface area contributed by atoms with Crippen LogP contribution >= 0.6 is 11.8 Å². The number of thioether (sulfide) groups is 1. The normalized spacial score (nSPS) is 30.7. The molecule has 0 bridgehead atoms. The second kappa shape index (κ2) is 7.98. The third kappa shape index (κ3) is 4.58. The van der Waals surface area contributed by atoms with Gasteiger partial charge in [-0.1, -0.05) is 23.9 Å². The van der Waals surface area contributed by atoms with Crippen molar-refractivity contribution in [3.8, 4) is 5.75 Å². The average Bonchev–Trinajstić information content (AvgIpc) is 2.56. The topological polar surface area (TPSA) is 108 Å². The highest BCUT2D eigenvalue weighted by atomic mass is 32.2. The van der Waals surface area contributed by atoms with E-state index in [1.807, 2.05) is 0 Å². The lowest BCUT2D eigenvalue weighted by Crippen LogP contribution is -2.58. The van der Waals surface area contributed by atoms with Crippen LogP contribution in [0.3, 0.4) is 0 Å². The smallest absolute Gasteiger partial charge is 0.279 e. The van der Waals surface area contributed by atoms with Crippen LogP contribution in [-0.4, -0.2) is 57.5 Å². The average molecular weight is 343 g/mol. The molecule has 7 nitrogen and oxygen atoms in total. The second-order valence-corrected chi connectivity index (χ2v) is 6.07. The van der Waals surface area contributed by atoms with Crippen molar-refractivity contribution in [1.29, 1.82) is 0 Å². The van der Waals surface area contributed by atoms with Gasteiger partial charge in [0.1, 0.15) is 24.1 Å². The molecule has 1 fully saturated rings. The molecule has 5 unspecified atom stereocenters. The summed E-state index contributed by atoms with van der Waals surface area (Å²) in [4.78, 5) is 11.2. The van der Waals surface area contributed by atoms with Gasteiger partial charge in [-0.25, -0.2) is 0 Å². The molecule has 1 saturated heterocycles. The van der Waals surface area contributed by atoms with Crippen LogP contribution in [0.25, 0.3) is 0 Å². The fourth-order valence-corrected chi connectivity index (χ4v) is 2.39. The summed E-state index contributed by atoms with van der Waals surface area (Å²) in [5, 5.41) is 31.9. The van der Waals surface area contributed by atoms with E-state index in [4.69, 9.17) is 9.47 Å². The number of carbonyl (C=O) groups excluding carboxylic acids is 1. The summed E-state index contributed by atoms with van der Waals surface area (Å²) in [7, 11) is 0. The highest BCUT2D eigenvalue weighted by Gasteiger charge is 2.43. The van der Waals surface area contributed by atoms with E-state index in [0.717, 1.165) is 17.3 Å². The number of amides is 1. The Hall–Kier alpha value is -1.32. The van der Waals surface area contributed by atoms with E-state index in [-0.39, 0.29) is 5.24 Å². The van der Waals surface area contributed by atoms with Crippen molar-refractivity contribution < 1.29 is 29.6 Å². The van der Waals surface area contributed by atoms with E-state index in [0.29, 0.717) is 12.3 Å². The Morgan fingerprint density at radius 1 is 1.22 bits per heavy atom. The third-order valence-corrected chi connectivity index (χ3v) is 4.12. The molecule has 23 heavy (non-hydrogen) atoms. The minimum atomic E-state index is -1.35. The predicted octanol–water partition coefficient (Wildman–Crippen LogP) is 0.465. The van der Waals surface area contributed by atoms with Crippen LogP contribution < -0.4 is 10.1 Å². The summed E-state index contributed by atoms with van der Waals surface area (Å²) < 4.78 is 10.9. The summed E-state index contributed by atoms with van der Waals surface area (Å²) in [6.07, 6.45) is -3.85. The maximum Gasteiger partial charge on any atom is 0.279 e. The molecular weight excluding hydrogens is 322 g/mol. The van der Waals surface area contributed by atoms with Crippen molar-refractivity contribution in [1.82, 2.24) is 5.32 Å². The molecule has 1 aliphatic heterocycles. The molecule has 128 valence electrons. The first-order valence-electron chi connectivity index (χ1n) is 7.19. The van der Waals surface area contributed by atoms with Crippen molar-refractivity contribution in [3.63, 3.8) is 0 Å². The number of nitrogens with one attached hydrogen (secondary N) is 1. The van der Waals surface area contributed by atoms with Crippen molar-refractivity contribution in [2.45, 2.75) is 44.2 Å². The summed E-state index contributed by atoms with van der Waals surface area (Å²) in [6.45, 7) is 2.00. The van der Waals surface area contributed by atoms with Gasteiger partial charge in [-0.3, -0.25) is 4.79 Å². The van der Waals surface area contributed by atoms with E-state index < -0.39 is 30.7 Å². The largest absolute Gasteiger partial charge is 0.462 e. The monoisotopic (exact) mass is 343 g/mol. The summed E-state index contributed by atoms with van der Waals surface area (Å²) in [5.74, 6) is 0.449. The van der Waals surface area contributed by atoms with E-state index in [1.54, 1.807) is 37.4 Å². The fourth-order valence-electron chi connectivity index (χ4n) is 2.18. The quantitative estimate of drug-likeness (QED) is 0.629. The van der Waals surface area contributed by atoms with Crippen LogP contribution in [0.15, 0.2) is 24.3 Å². The molecule has 0 aliphatic carbocycles. The van der Waals surface area contributed by atoms with Crippen molar-refractivity contribution in [2.75, 3.05) is 6.26 Å². The predicted molar refractivity (Wildman–Crippen MR) is 85.2 cm³/mol. The van der Waals surface area contributed by atoms with Crippen molar-refractivity contribution in [2.24, 2.45) is 0 Å². The third-order valence-electron chi connectivity index (χ3n) is 3.61. The Labute approximate surface area is 138 Å². The Morgan fingerprint density at radius 2 is 1.87 bits per heavy atom. The number of ether oxygens (including phenoxy) is 2. The van der Waals surface area contributed by atoms with Gasteiger partial charge in [0.2, 0.25) is 6.29 Å². The molecule has 1 aliphatic rings. The number of carbonyl (C=O) groups is 1. The first-order chi connectivity index (χ1) is 10.9. The van der Waals surface area contributed by atoms with Gasteiger partial charge in [0.15, 0.2) is 0 Å². The van der Waals surface area contributed by atoms with Crippen LogP contribution in [0, 0.1) is 0 Å². The van der Waals surface area contributed by atoms with Gasteiger partial charge >= 0.3 is 0 Å². The lowest BCUT2D eigenvalue weighted by molar-refractivity contribution is -0.268. The zero-order chi connectivity index (χ0) is 17.0. The van der Waals surface area contributed by atoms with E-state index in [2.05, 4.69) is 5.32 Å². The highest BCUT2D eigenvalue weighted by molar-refractivity contribution is 8.12. The molecule has 5 atom stereocenters. The molecule has 0 spiro atoms. The second-order valence-electron chi connectivity index (χ2n) is 5.29. The molecule has 4 N–H and O–H groups in total. The van der Waals surface area contributed by atoms with Gasteiger partial charge in [0.25, 0.3) is 5.24 Å². The van der Waals surface area contributed by atoms with Gasteiger partial charge in [0, 0.05) is 6.54 Å². The molecule has 2 rings (SSSR count). The number of benzene rings is 1. The minimum Gasteiger partial charge on any atom is -0.462 e. The van der Waals surface area contributed by atoms with Crippen LogP contribution in [-0.2, 0) is 11.3 Å². The van der Waals surface area contributed by atoms with Gasteiger partial charge in [-0.05, 0) is 30.9 Å². The van der Waals surface area contributed by atoms with Crippen LogP contribution in [0.1, 0.15) is 12.5 Å². The SMILES string of the molecule is CSC(=O)NCc1ccc(OC2OC(C)C(O)C(O)C2O)cc1. The van der Waals surface area contributed by atoms with E-state index >= 15 is 0 Å². The lowest BCUT2D eigenvalue weighted by Gasteiger charge is -2.38. The maximum absolute atomic E-state index is 11.2. The minimum absolute atomic E-state index is 0.106. The van der Waals surface area contributed by atoms with Gasteiger partial charge < -0.3 is 30.1 Å². The molecule has 8 heteroatoms. The summed E-state index contributed by atoms with van der Waals surface area (Å²) in [6, 6.07) is 6.91. The summed E-state index contributed by atoms with van der Waals surface area (Å²) in [5.41, 5.74) is 0.897. The Balaban J connectivity index is 1.94. The number of hydrogen-bond donors (Lipinski definition) is 4. The van der Waals surface area contributed by atoms with E-state index in [9.17, 15) is 20.1 Å². The standard InChI is InChI=1S/C15H21NO6S/c1-8-11(17)12(18)13(19)14(21-8)22-10-5-3-9(4-6-10)7-16-15(20)23-2/h3-6,8,11-14,17-19H,7H2,1-2H3,(H,16,20). The Morgan fingerprint density at radius 3 is 2.48 bits per heavy atom. The number of hydrogen-bond acceptors (Lipinski definition) is 7. The molecule has 0 aromatic heterocycles. The first kappa shape index (κ1) is 18.0. The zero-order valence-electron chi connectivity index (χ0n) is 12.9. The van der Waals surface area contributed by atoms with E-state index in [1.165, 1.54) is 0 Å². The molecule has 0 radical (unpaired) electrons. The molecule has 1 aromatic rings. The van der Waals surface area contributed by atoms with Gasteiger partial charge in [-0.2, -0.15) is 0 Å². The molecule has 1 heterocycles. The first-order valence-corrected chi connectivity index (χ1v) is 8.42. The maximum atomic E-state index is 11.2. The molecular formula is C15H21NO6S. The van der Waals surface area contributed by atoms with Crippen LogP contribution in [0.4, 0.5) is 4.79 Å². The van der Waals surface area contributed by atoms with Crippen molar-refractivity contribution >= 4 is 17.0 Å². The summed E-state index contributed by atoms with van der Waals surface area (Å²) >= 11 is 1.11. The number of aliphatic hydroxyl groups excluding tert-OH is 3. The van der Waals surface area contributed by atoms with Gasteiger partial charge in [0.05, 0.1) is 6.10 Å². The molecule has 0 saturated carbocycles. The fraction of sp³-hybridized carbons (Fsp3) is 0.533. The van der Waals surface area contributed by atoms with Crippen LogP contribution in [0.2, 0.25) is 0 Å². The highest BCUT2D eigenvalue weighted by Crippen LogP contribution is 2.24.